The van der Waals surface area contributed by atoms with Gasteiger partial charge in [0.05, 0.1) is 6.54 Å². The second-order valence-corrected chi connectivity index (χ2v) is 4.19. The van der Waals surface area contributed by atoms with Crippen LogP contribution in [0.5, 0.6) is 5.75 Å². The predicted molar refractivity (Wildman–Crippen MR) is 69.4 cm³/mol. The summed E-state index contributed by atoms with van der Waals surface area (Å²) in [5.41, 5.74) is 6.71. The van der Waals surface area contributed by atoms with Crippen LogP contribution in [0.15, 0.2) is 36.4 Å². The SMILES string of the molecule is Nc1ccc(N2CCOc3ccccc3C2)nn1. The molecule has 0 bridgehead atoms. The van der Waals surface area contributed by atoms with E-state index in [4.69, 9.17) is 10.5 Å². The molecular formula is C13H14N4O. The van der Waals surface area contributed by atoms with Gasteiger partial charge in [-0.15, -0.1) is 10.2 Å². The first kappa shape index (κ1) is 10.8. The number of hydrogen-bond donors (Lipinski definition) is 1. The van der Waals surface area contributed by atoms with E-state index in [0.29, 0.717) is 12.4 Å². The van der Waals surface area contributed by atoms with Crippen molar-refractivity contribution in [2.75, 3.05) is 23.8 Å². The summed E-state index contributed by atoms with van der Waals surface area (Å²) in [7, 11) is 0. The lowest BCUT2D eigenvalue weighted by Gasteiger charge is -2.19. The average molecular weight is 242 g/mol. The maximum absolute atomic E-state index is 5.71. The minimum atomic E-state index is 0.435. The molecule has 0 spiro atoms. The topological polar surface area (TPSA) is 64.3 Å². The van der Waals surface area contributed by atoms with E-state index in [-0.39, 0.29) is 0 Å². The van der Waals surface area contributed by atoms with Crippen molar-refractivity contribution in [1.29, 1.82) is 0 Å². The molecule has 2 aromatic rings. The Morgan fingerprint density at radius 3 is 2.83 bits per heavy atom. The Kier molecular flexibility index (Phi) is 2.72. The fourth-order valence-corrected chi connectivity index (χ4v) is 2.03. The van der Waals surface area contributed by atoms with Gasteiger partial charge in [0.15, 0.2) is 5.82 Å². The Balaban J connectivity index is 1.89. The highest BCUT2D eigenvalue weighted by Gasteiger charge is 2.16. The molecule has 2 heterocycles. The first-order valence-electron chi connectivity index (χ1n) is 5.88. The number of fused-ring (bicyclic) bond motifs is 1. The number of benzene rings is 1. The summed E-state index contributed by atoms with van der Waals surface area (Å²) in [4.78, 5) is 2.14. The van der Waals surface area contributed by atoms with Crippen molar-refractivity contribution in [3.63, 3.8) is 0 Å². The predicted octanol–water partition coefficient (Wildman–Crippen LogP) is 1.46. The van der Waals surface area contributed by atoms with Crippen LogP contribution in [0.3, 0.4) is 0 Å². The molecule has 5 heteroatoms. The lowest BCUT2D eigenvalue weighted by Crippen LogP contribution is -2.26. The lowest BCUT2D eigenvalue weighted by molar-refractivity contribution is 0.331. The van der Waals surface area contributed by atoms with Crippen molar-refractivity contribution in [1.82, 2.24) is 10.2 Å². The quantitative estimate of drug-likeness (QED) is 0.820. The van der Waals surface area contributed by atoms with Gasteiger partial charge < -0.3 is 15.4 Å². The normalized spacial score (nSPS) is 14.6. The highest BCUT2D eigenvalue weighted by Crippen LogP contribution is 2.24. The van der Waals surface area contributed by atoms with Gasteiger partial charge in [-0.1, -0.05) is 18.2 Å². The second kappa shape index (κ2) is 4.52. The molecule has 0 unspecified atom stereocenters. The van der Waals surface area contributed by atoms with Crippen molar-refractivity contribution in [3.05, 3.63) is 42.0 Å². The summed E-state index contributed by atoms with van der Waals surface area (Å²) in [5.74, 6) is 2.21. The lowest BCUT2D eigenvalue weighted by atomic mass is 10.2. The van der Waals surface area contributed by atoms with Crippen LogP contribution in [0.1, 0.15) is 5.56 Å². The zero-order valence-electron chi connectivity index (χ0n) is 9.91. The van der Waals surface area contributed by atoms with Crippen molar-refractivity contribution >= 4 is 11.6 Å². The minimum Gasteiger partial charge on any atom is -0.491 e. The summed E-state index contributed by atoms with van der Waals surface area (Å²) < 4.78 is 5.71. The number of nitrogen functional groups attached to an aromatic ring is 1. The number of nitrogens with zero attached hydrogens (tertiary/aromatic N) is 3. The maximum atomic E-state index is 5.71. The molecule has 0 atom stereocenters. The van der Waals surface area contributed by atoms with E-state index < -0.39 is 0 Å². The molecule has 1 aromatic heterocycles. The number of para-hydroxylation sites is 1. The van der Waals surface area contributed by atoms with Gasteiger partial charge in [0.1, 0.15) is 18.2 Å². The van der Waals surface area contributed by atoms with Gasteiger partial charge in [0.25, 0.3) is 0 Å². The molecule has 0 fully saturated rings. The van der Waals surface area contributed by atoms with E-state index >= 15 is 0 Å². The summed E-state index contributed by atoms with van der Waals surface area (Å²) in [5, 5.41) is 8.00. The van der Waals surface area contributed by atoms with E-state index in [2.05, 4.69) is 21.2 Å². The van der Waals surface area contributed by atoms with Gasteiger partial charge in [-0.25, -0.2) is 0 Å². The molecule has 0 aliphatic carbocycles. The molecule has 0 amide bonds. The van der Waals surface area contributed by atoms with E-state index in [1.165, 1.54) is 0 Å². The number of aromatic nitrogens is 2. The Labute approximate surface area is 105 Å². The molecule has 92 valence electrons. The van der Waals surface area contributed by atoms with Gasteiger partial charge in [0, 0.05) is 12.1 Å². The molecule has 0 radical (unpaired) electrons. The molecule has 0 saturated heterocycles. The second-order valence-electron chi connectivity index (χ2n) is 4.19. The summed E-state index contributed by atoms with van der Waals surface area (Å²) in [6.45, 7) is 2.20. The maximum Gasteiger partial charge on any atom is 0.151 e. The fraction of sp³-hybridized carbons (Fsp3) is 0.231. The molecule has 1 aliphatic heterocycles. The minimum absolute atomic E-state index is 0.435. The molecule has 5 nitrogen and oxygen atoms in total. The van der Waals surface area contributed by atoms with Crippen LogP contribution in [0.4, 0.5) is 11.6 Å². The Morgan fingerprint density at radius 1 is 1.11 bits per heavy atom. The van der Waals surface area contributed by atoms with Crippen molar-refractivity contribution in [3.8, 4) is 5.75 Å². The largest absolute Gasteiger partial charge is 0.491 e. The molecule has 1 aromatic carbocycles. The fourth-order valence-electron chi connectivity index (χ4n) is 2.03. The monoisotopic (exact) mass is 242 g/mol. The van der Waals surface area contributed by atoms with Crippen LogP contribution in [0, 0.1) is 0 Å². The highest BCUT2D eigenvalue weighted by atomic mass is 16.5. The number of anilines is 2. The number of hydrogen-bond acceptors (Lipinski definition) is 5. The molecule has 2 N–H and O–H groups in total. The van der Waals surface area contributed by atoms with E-state index in [0.717, 1.165) is 30.2 Å². The molecular weight excluding hydrogens is 228 g/mol. The summed E-state index contributed by atoms with van der Waals surface area (Å²) >= 11 is 0. The zero-order chi connectivity index (χ0) is 12.4. The molecule has 3 rings (SSSR count). The van der Waals surface area contributed by atoms with Gasteiger partial charge in [-0.3, -0.25) is 0 Å². The van der Waals surface area contributed by atoms with Crippen LogP contribution in [0.25, 0.3) is 0 Å². The van der Waals surface area contributed by atoms with E-state index in [1.807, 2.05) is 24.3 Å². The third kappa shape index (κ3) is 2.07. The molecule has 0 saturated carbocycles. The van der Waals surface area contributed by atoms with Crippen LogP contribution in [0.2, 0.25) is 0 Å². The average Bonchev–Trinajstić information content (AvgIpc) is 2.61. The summed E-state index contributed by atoms with van der Waals surface area (Å²) in [6.07, 6.45) is 0. The first-order valence-corrected chi connectivity index (χ1v) is 5.88. The van der Waals surface area contributed by atoms with Gasteiger partial charge in [-0.2, -0.15) is 0 Å². The molecule has 1 aliphatic rings. The number of nitrogens with two attached hydrogens (primary N) is 1. The number of rotatable bonds is 1. The van der Waals surface area contributed by atoms with Crippen LogP contribution in [-0.2, 0) is 6.54 Å². The summed E-state index contributed by atoms with van der Waals surface area (Å²) in [6, 6.07) is 11.7. The van der Waals surface area contributed by atoms with Crippen LogP contribution < -0.4 is 15.4 Å². The Bertz CT molecular complexity index is 541. The van der Waals surface area contributed by atoms with Gasteiger partial charge in [0.2, 0.25) is 0 Å². The van der Waals surface area contributed by atoms with E-state index in [9.17, 15) is 0 Å². The Hall–Kier alpha value is -2.30. The van der Waals surface area contributed by atoms with E-state index in [1.54, 1.807) is 6.07 Å². The zero-order valence-corrected chi connectivity index (χ0v) is 9.91. The van der Waals surface area contributed by atoms with Gasteiger partial charge >= 0.3 is 0 Å². The Morgan fingerprint density at radius 2 is 2.00 bits per heavy atom. The smallest absolute Gasteiger partial charge is 0.151 e. The number of ether oxygens (including phenoxy) is 1. The highest BCUT2D eigenvalue weighted by molar-refractivity contribution is 5.45. The van der Waals surface area contributed by atoms with Crippen molar-refractivity contribution in [2.24, 2.45) is 0 Å². The standard InChI is InChI=1S/C13H14N4O/c14-12-5-6-13(16-15-12)17-7-8-18-11-4-2-1-3-10(11)9-17/h1-6H,7-9H2,(H2,14,15). The van der Waals surface area contributed by atoms with Gasteiger partial charge in [-0.05, 0) is 18.2 Å². The molecule has 18 heavy (non-hydrogen) atoms. The van der Waals surface area contributed by atoms with Crippen LogP contribution >= 0.6 is 0 Å². The third-order valence-corrected chi connectivity index (χ3v) is 2.95. The van der Waals surface area contributed by atoms with Crippen molar-refractivity contribution in [2.45, 2.75) is 6.54 Å². The first-order chi connectivity index (χ1) is 8.83. The van der Waals surface area contributed by atoms with Crippen LogP contribution in [-0.4, -0.2) is 23.3 Å². The third-order valence-electron chi connectivity index (χ3n) is 2.95. The van der Waals surface area contributed by atoms with Crippen molar-refractivity contribution < 1.29 is 4.74 Å².